The Labute approximate surface area is 580 Å². The number of esters is 2. The Morgan fingerprint density at radius 2 is 1.62 bits per heavy atom. The van der Waals surface area contributed by atoms with Gasteiger partial charge in [0.25, 0.3) is 5.56 Å². The average molecular weight is 1360 g/mol. The van der Waals surface area contributed by atoms with Gasteiger partial charge in [0.15, 0.2) is 22.8 Å². The highest BCUT2D eigenvalue weighted by atomic mass is 16.6. The highest BCUT2D eigenvalue weighted by Gasteiger charge is 2.67. The lowest BCUT2D eigenvalue weighted by molar-refractivity contribution is -0.182. The molecular formula is C76H100N10O13. The fourth-order valence-electron chi connectivity index (χ4n) is 17.6. The number of pyridine rings is 2. The number of carbonyl (C=O) groups excluding carboxylic acids is 8. The monoisotopic (exact) mass is 1360 g/mol. The van der Waals surface area contributed by atoms with Crippen LogP contribution >= 0.6 is 0 Å². The number of hydrogen-bond donors (Lipinski definition) is 5. The number of piperazine rings is 1. The first-order chi connectivity index (χ1) is 47.1. The minimum Gasteiger partial charge on any atom is -0.458 e. The van der Waals surface area contributed by atoms with Crippen LogP contribution in [-0.2, 0) is 63.5 Å². The number of nitrogens with one attached hydrogen (secondary N) is 3. The van der Waals surface area contributed by atoms with Crippen molar-refractivity contribution in [3.05, 3.63) is 109 Å². The molecule has 6 N–H and O–H groups in total. The zero-order valence-electron chi connectivity index (χ0n) is 59.5. The summed E-state index contributed by atoms with van der Waals surface area (Å²) in [6, 6.07) is 12.7. The number of primary amides is 1. The Kier molecular flexibility index (Phi) is 21.2. The number of allylic oxidation sites excluding steroid dienone is 4. The number of ketones is 2. The molecule has 7 aliphatic rings. The summed E-state index contributed by atoms with van der Waals surface area (Å²) < 4.78 is 19.3. The van der Waals surface area contributed by atoms with Crippen molar-refractivity contribution < 1.29 is 57.7 Å². The molecule has 23 heteroatoms. The summed E-state index contributed by atoms with van der Waals surface area (Å²) in [5.41, 5.74) is 11.0. The molecule has 0 unspecified atom stereocenters. The molecule has 2 saturated carbocycles. The molecule has 3 aliphatic heterocycles. The molecule has 4 aromatic rings. The van der Waals surface area contributed by atoms with Gasteiger partial charge in [-0.1, -0.05) is 58.2 Å². The third kappa shape index (κ3) is 13.9. The SMILES string of the molecule is CC[C@@]1(O)C(=O)OCc2c1cc1n(c2=O)Cc2cc3c(CN(C)C)c(OC(=O)N4C[C@H](C)N(C(=O)[C@H](CCCNC(N)=O)NC(=O)[C@@H](NCCCCCCN(C)c5ccc([C@H]6C[C@@]7(C)[C@@H](CC[C@]7(OC(C)=O)C(C)=O)[C@@H]7CCC8=CC(=O)CCC8=C76)cc5)C(C)C)C[C@H]4C)ccc3nc2-1. The van der Waals surface area contributed by atoms with Crippen molar-refractivity contribution in [2.24, 2.45) is 28.9 Å². The van der Waals surface area contributed by atoms with Gasteiger partial charge in [0.1, 0.15) is 18.4 Å². The van der Waals surface area contributed by atoms with Crippen LogP contribution in [-0.4, -0.2) is 160 Å². The number of fused-ring (bicyclic) bond motifs is 9. The van der Waals surface area contributed by atoms with Crippen LogP contribution in [0, 0.1) is 23.2 Å². The van der Waals surface area contributed by atoms with Crippen LogP contribution in [0.2, 0.25) is 0 Å². The van der Waals surface area contributed by atoms with Crippen molar-refractivity contribution in [2.75, 3.05) is 58.8 Å². The molecule has 0 spiro atoms. The molecule has 0 radical (unpaired) electrons. The molecule has 4 aliphatic carbocycles. The van der Waals surface area contributed by atoms with E-state index in [9.17, 15) is 48.3 Å². The minimum atomic E-state index is -1.96. The normalized spacial score (nSPS) is 25.2. The van der Waals surface area contributed by atoms with Gasteiger partial charge in [-0.05, 0) is 189 Å². The van der Waals surface area contributed by atoms with E-state index in [1.807, 2.05) is 58.8 Å². The number of nitrogens with zero attached hydrogens (tertiary/aromatic N) is 6. The van der Waals surface area contributed by atoms with Gasteiger partial charge in [0.05, 0.1) is 35.1 Å². The zero-order valence-corrected chi connectivity index (χ0v) is 59.5. The number of Topliss-reactive ketones (excluding diaryl/α,β-unsaturated/α-hetero) is 1. The van der Waals surface area contributed by atoms with E-state index in [0.29, 0.717) is 67.0 Å². The minimum absolute atomic E-state index is 0.00955. The summed E-state index contributed by atoms with van der Waals surface area (Å²) in [5, 5.41) is 21.3. The van der Waals surface area contributed by atoms with Gasteiger partial charge in [-0.3, -0.25) is 28.8 Å². The van der Waals surface area contributed by atoms with Gasteiger partial charge in [-0.25, -0.2) is 19.4 Å². The van der Waals surface area contributed by atoms with Crippen LogP contribution < -0.4 is 36.9 Å². The van der Waals surface area contributed by atoms with Crippen molar-refractivity contribution in [3.8, 4) is 17.1 Å². The first-order valence-corrected chi connectivity index (χ1v) is 35.7. The maximum Gasteiger partial charge on any atom is 0.415 e. The number of benzene rings is 2. The lowest BCUT2D eigenvalue weighted by Gasteiger charge is -2.55. The number of unbranched alkanes of at least 4 members (excludes halogenated alkanes) is 3. The summed E-state index contributed by atoms with van der Waals surface area (Å²) in [6.07, 6.45) is 10.5. The largest absolute Gasteiger partial charge is 0.458 e. The number of carbonyl (C=O) groups is 8. The molecule has 532 valence electrons. The van der Waals surface area contributed by atoms with Crippen LogP contribution in [0.5, 0.6) is 5.75 Å². The van der Waals surface area contributed by atoms with Crippen LogP contribution in [0.3, 0.4) is 0 Å². The maximum absolute atomic E-state index is 14.8. The summed E-state index contributed by atoms with van der Waals surface area (Å²) >= 11 is 0. The molecule has 2 aromatic carbocycles. The van der Waals surface area contributed by atoms with Gasteiger partial charge in [-0.2, -0.15) is 0 Å². The predicted molar refractivity (Wildman–Crippen MR) is 374 cm³/mol. The molecule has 5 heterocycles. The molecule has 23 nitrogen and oxygen atoms in total. The topological polar surface area (TPSA) is 294 Å². The summed E-state index contributed by atoms with van der Waals surface area (Å²) in [7, 11) is 5.91. The fourth-order valence-corrected chi connectivity index (χ4v) is 17.6. The van der Waals surface area contributed by atoms with Gasteiger partial charge < -0.3 is 65.2 Å². The number of cyclic esters (lactones) is 1. The van der Waals surface area contributed by atoms with Crippen molar-refractivity contribution >= 4 is 64.0 Å². The number of urea groups is 1. The molecule has 5 amide bonds. The third-order valence-corrected chi connectivity index (χ3v) is 22.7. The number of amides is 5. The lowest BCUT2D eigenvalue weighted by atomic mass is 9.50. The van der Waals surface area contributed by atoms with E-state index < -0.39 is 64.8 Å². The second-order valence-electron chi connectivity index (χ2n) is 29.8. The number of aromatic nitrogens is 2. The predicted octanol–water partition coefficient (Wildman–Crippen LogP) is 8.60. The Bertz CT molecular complexity index is 3990. The van der Waals surface area contributed by atoms with E-state index in [0.717, 1.165) is 74.5 Å². The Balaban J connectivity index is 0.690. The number of anilines is 1. The van der Waals surface area contributed by atoms with Crippen molar-refractivity contribution in [3.63, 3.8) is 0 Å². The summed E-state index contributed by atoms with van der Waals surface area (Å²) in [4.78, 5) is 133. The number of nitrogens with two attached hydrogens (primary N) is 1. The molecule has 10 atom stereocenters. The van der Waals surface area contributed by atoms with Gasteiger partial charge >= 0.3 is 24.1 Å². The van der Waals surface area contributed by atoms with E-state index in [-0.39, 0.29) is 109 Å². The van der Waals surface area contributed by atoms with Crippen LogP contribution in [0.4, 0.5) is 15.3 Å². The van der Waals surface area contributed by atoms with E-state index in [2.05, 4.69) is 59.1 Å². The van der Waals surface area contributed by atoms with Crippen LogP contribution in [0.15, 0.2) is 76.1 Å². The lowest BCUT2D eigenvalue weighted by Crippen LogP contribution is -2.63. The van der Waals surface area contributed by atoms with Gasteiger partial charge in [0, 0.05) is 104 Å². The zero-order chi connectivity index (χ0) is 71.2. The highest BCUT2D eigenvalue weighted by Crippen LogP contribution is 2.68. The number of rotatable bonds is 24. The third-order valence-electron chi connectivity index (χ3n) is 22.7. The first-order valence-electron chi connectivity index (χ1n) is 35.7. The number of ether oxygens (including phenoxy) is 3. The van der Waals surface area contributed by atoms with Crippen molar-refractivity contribution in [2.45, 2.75) is 206 Å². The van der Waals surface area contributed by atoms with E-state index in [1.54, 1.807) is 46.4 Å². The van der Waals surface area contributed by atoms with Crippen molar-refractivity contribution in [1.29, 1.82) is 0 Å². The first kappa shape index (κ1) is 72.0. The molecule has 0 bridgehead atoms. The van der Waals surface area contributed by atoms with E-state index >= 15 is 0 Å². The van der Waals surface area contributed by atoms with E-state index in [4.69, 9.17) is 24.9 Å². The molecule has 3 fully saturated rings. The average Bonchev–Trinajstić information content (AvgIpc) is 1.62. The molecule has 2 aromatic heterocycles. The standard InChI is InChI=1S/C76H100N10O13/c1-12-75(96)60-36-63-67-50(40-86(63)69(91)58(60)42-97-71(75)93)35-55-57(41-82(9)10)64(28-27-61(55)80-67)98-73(95)85-39-44(4)84(38-45(85)5)70(92)62(18-17-32-79-72(77)94)81-68(90)66(43(2)3)78-31-15-13-14-16-33-83(11)51-22-19-48(20-23-51)56-37-74(8)59(29-30-76(74,46(6)87)99-47(7)88)54-25-21-49-34-52(89)24-26-53(49)65(54)56/h19-20,22-23,27-28,34-36,43-45,54,56,59,62,66,78,96H,12-18,21,24-26,29-33,37-42H2,1-11H3,(H,81,90)(H3,77,79,94)/t44-,45+,54-,56+,59-,62-,66-,74-,75-,76-/m0/s1. The smallest absolute Gasteiger partial charge is 0.415 e. The van der Waals surface area contributed by atoms with Crippen LogP contribution in [0.25, 0.3) is 22.3 Å². The number of aliphatic hydroxyl groups is 1. The van der Waals surface area contributed by atoms with Gasteiger partial charge in [0.2, 0.25) is 11.8 Å². The molecule has 99 heavy (non-hydrogen) atoms. The highest BCUT2D eigenvalue weighted by molar-refractivity contribution is 5.94. The quantitative estimate of drug-likeness (QED) is 0.0285. The Hall–Kier alpha value is -8.28. The van der Waals surface area contributed by atoms with Crippen LogP contribution in [0.1, 0.15) is 179 Å². The summed E-state index contributed by atoms with van der Waals surface area (Å²) in [6.45, 7) is 16.7. The molecular weight excluding hydrogens is 1260 g/mol. The molecule has 11 rings (SSSR count). The Morgan fingerprint density at radius 3 is 2.31 bits per heavy atom. The van der Waals surface area contributed by atoms with Crippen molar-refractivity contribution in [1.82, 2.24) is 40.2 Å². The Morgan fingerprint density at radius 1 is 0.889 bits per heavy atom. The fraction of sp³-hybridized carbons (Fsp3) is 0.579. The second-order valence-corrected chi connectivity index (χ2v) is 29.8. The second kappa shape index (κ2) is 29.1. The number of hydrogen-bond acceptors (Lipinski definition) is 17. The van der Waals surface area contributed by atoms with E-state index in [1.165, 1.54) is 29.2 Å². The molecule has 1 saturated heterocycles. The summed E-state index contributed by atoms with van der Waals surface area (Å²) in [5.74, 6) is -1.11. The van der Waals surface area contributed by atoms with Gasteiger partial charge in [-0.15, -0.1) is 0 Å². The maximum atomic E-state index is 14.8.